The number of hydrogen-bond donors (Lipinski definition) is 0. The summed E-state index contributed by atoms with van der Waals surface area (Å²) in [6.07, 6.45) is 0.567. The van der Waals surface area contributed by atoms with Crippen LogP contribution in [0.5, 0.6) is 0 Å². The average molecular weight is 130 g/mol. The van der Waals surface area contributed by atoms with Crippen LogP contribution in [0.4, 0.5) is 0 Å². The molecule has 0 bridgehead atoms. The van der Waals surface area contributed by atoms with E-state index in [1.165, 1.54) is 0 Å². The number of cyclic esters (lactones) is 1. The average Bonchev–Trinajstić information content (AvgIpc) is 1.78. The highest BCUT2D eigenvalue weighted by Gasteiger charge is 2.27. The zero-order chi connectivity index (χ0) is 6.69. The number of esters is 1. The largest absolute Gasteiger partial charge is 0.459 e. The zero-order valence-electron chi connectivity index (χ0n) is 5.42. The molecule has 52 valence electrons. The van der Waals surface area contributed by atoms with Crippen molar-refractivity contribution in [2.45, 2.75) is 19.4 Å². The van der Waals surface area contributed by atoms with E-state index in [0.29, 0.717) is 19.6 Å². The van der Waals surface area contributed by atoms with Gasteiger partial charge in [-0.15, -0.1) is 0 Å². The molecule has 0 aromatic carbocycles. The fraction of sp³-hybridized carbons (Fsp3) is 0.833. The van der Waals surface area contributed by atoms with Gasteiger partial charge in [0, 0.05) is 6.61 Å². The van der Waals surface area contributed by atoms with Crippen LogP contribution in [-0.2, 0) is 14.3 Å². The van der Waals surface area contributed by atoms with Crippen molar-refractivity contribution in [2.24, 2.45) is 0 Å². The Morgan fingerprint density at radius 3 is 3.00 bits per heavy atom. The fourth-order valence-corrected chi connectivity index (χ4v) is 0.704. The van der Waals surface area contributed by atoms with Crippen LogP contribution in [0.2, 0.25) is 0 Å². The Labute approximate surface area is 53.9 Å². The highest BCUT2D eigenvalue weighted by atomic mass is 16.6. The molecule has 1 atom stereocenters. The maximum absolute atomic E-state index is 10.2. The Morgan fingerprint density at radius 1 is 1.89 bits per heavy atom. The van der Waals surface area contributed by atoms with Gasteiger partial charge in [0.15, 0.2) is 0 Å². The maximum atomic E-state index is 10.2. The summed E-state index contributed by atoms with van der Waals surface area (Å²) in [5.41, 5.74) is 0. The lowest BCUT2D eigenvalue weighted by Crippen LogP contribution is -2.36. The topological polar surface area (TPSA) is 35.5 Å². The first-order chi connectivity index (χ1) is 4.33. The SMILES string of the molecule is CCOCC1CC(=O)O1. The number of rotatable bonds is 3. The van der Waals surface area contributed by atoms with Crippen molar-refractivity contribution >= 4 is 5.97 Å². The van der Waals surface area contributed by atoms with Crippen LogP contribution in [0.15, 0.2) is 0 Å². The Kier molecular flexibility index (Phi) is 2.05. The Bertz CT molecular complexity index is 103. The van der Waals surface area contributed by atoms with Crippen LogP contribution in [0.3, 0.4) is 0 Å². The Morgan fingerprint density at radius 2 is 2.56 bits per heavy atom. The van der Waals surface area contributed by atoms with Gasteiger partial charge in [0.1, 0.15) is 6.10 Å². The molecular weight excluding hydrogens is 120 g/mol. The van der Waals surface area contributed by atoms with E-state index in [4.69, 9.17) is 4.74 Å². The third-order valence-corrected chi connectivity index (χ3v) is 1.20. The van der Waals surface area contributed by atoms with E-state index < -0.39 is 0 Å². The molecule has 0 radical (unpaired) electrons. The van der Waals surface area contributed by atoms with Crippen LogP contribution in [0.1, 0.15) is 13.3 Å². The molecule has 0 saturated carbocycles. The van der Waals surface area contributed by atoms with Crippen molar-refractivity contribution in [3.8, 4) is 0 Å². The minimum Gasteiger partial charge on any atom is -0.459 e. The molecule has 1 heterocycles. The number of hydrogen-bond acceptors (Lipinski definition) is 3. The molecule has 1 aliphatic heterocycles. The number of carbonyl (C=O) groups is 1. The second-order valence-electron chi connectivity index (χ2n) is 1.98. The molecule has 0 N–H and O–H groups in total. The summed E-state index contributed by atoms with van der Waals surface area (Å²) < 4.78 is 9.69. The fourth-order valence-electron chi connectivity index (χ4n) is 0.704. The van der Waals surface area contributed by atoms with Gasteiger partial charge in [-0.1, -0.05) is 0 Å². The first-order valence-electron chi connectivity index (χ1n) is 3.10. The van der Waals surface area contributed by atoms with E-state index in [0.717, 1.165) is 0 Å². The van der Waals surface area contributed by atoms with E-state index in [1.54, 1.807) is 0 Å². The first-order valence-corrected chi connectivity index (χ1v) is 3.10. The molecule has 0 spiro atoms. The van der Waals surface area contributed by atoms with Gasteiger partial charge in [0.05, 0.1) is 13.0 Å². The summed E-state index contributed by atoms with van der Waals surface area (Å²) in [6, 6.07) is 0. The van der Waals surface area contributed by atoms with Gasteiger partial charge >= 0.3 is 5.97 Å². The van der Waals surface area contributed by atoms with E-state index in [1.807, 2.05) is 6.92 Å². The predicted molar refractivity (Wildman–Crippen MR) is 31.0 cm³/mol. The minimum atomic E-state index is -0.111. The standard InChI is InChI=1S/C6H10O3/c1-2-8-4-5-3-6(7)9-5/h5H,2-4H2,1H3. The van der Waals surface area contributed by atoms with Crippen molar-refractivity contribution in [2.75, 3.05) is 13.2 Å². The van der Waals surface area contributed by atoms with Crippen molar-refractivity contribution in [3.05, 3.63) is 0 Å². The van der Waals surface area contributed by atoms with E-state index in [2.05, 4.69) is 4.74 Å². The maximum Gasteiger partial charge on any atom is 0.310 e. The Hall–Kier alpha value is -0.570. The van der Waals surface area contributed by atoms with E-state index in [9.17, 15) is 4.79 Å². The number of ether oxygens (including phenoxy) is 2. The molecule has 9 heavy (non-hydrogen) atoms. The van der Waals surface area contributed by atoms with Gasteiger partial charge in [-0.25, -0.2) is 0 Å². The lowest BCUT2D eigenvalue weighted by atomic mass is 10.2. The molecule has 1 aliphatic rings. The smallest absolute Gasteiger partial charge is 0.310 e. The molecule has 3 nitrogen and oxygen atoms in total. The lowest BCUT2D eigenvalue weighted by molar-refractivity contribution is -0.174. The van der Waals surface area contributed by atoms with Gasteiger partial charge in [-0.3, -0.25) is 4.79 Å². The van der Waals surface area contributed by atoms with Crippen LogP contribution >= 0.6 is 0 Å². The van der Waals surface area contributed by atoms with Gasteiger partial charge in [0.2, 0.25) is 0 Å². The second kappa shape index (κ2) is 2.82. The van der Waals surface area contributed by atoms with Crippen molar-refractivity contribution in [1.29, 1.82) is 0 Å². The van der Waals surface area contributed by atoms with Crippen molar-refractivity contribution < 1.29 is 14.3 Å². The third-order valence-electron chi connectivity index (χ3n) is 1.20. The van der Waals surface area contributed by atoms with Gasteiger partial charge in [-0.2, -0.15) is 0 Å². The first kappa shape index (κ1) is 6.55. The van der Waals surface area contributed by atoms with Crippen molar-refractivity contribution in [1.82, 2.24) is 0 Å². The number of carbonyl (C=O) groups excluding carboxylic acids is 1. The molecule has 1 rings (SSSR count). The summed E-state index contributed by atoms with van der Waals surface area (Å²) >= 11 is 0. The van der Waals surface area contributed by atoms with Gasteiger partial charge < -0.3 is 9.47 Å². The highest BCUT2D eigenvalue weighted by Crippen LogP contribution is 2.12. The van der Waals surface area contributed by atoms with Crippen LogP contribution in [0.25, 0.3) is 0 Å². The zero-order valence-corrected chi connectivity index (χ0v) is 5.42. The normalized spacial score (nSPS) is 25.0. The lowest BCUT2D eigenvalue weighted by Gasteiger charge is -2.24. The molecule has 0 aromatic heterocycles. The highest BCUT2D eigenvalue weighted by molar-refractivity contribution is 5.75. The summed E-state index contributed by atoms with van der Waals surface area (Å²) in [6.45, 7) is 3.16. The van der Waals surface area contributed by atoms with Crippen LogP contribution in [0, 0.1) is 0 Å². The van der Waals surface area contributed by atoms with Crippen LogP contribution < -0.4 is 0 Å². The molecule has 0 aromatic rings. The summed E-state index contributed by atoms with van der Waals surface area (Å²) in [4.78, 5) is 10.2. The second-order valence-corrected chi connectivity index (χ2v) is 1.98. The van der Waals surface area contributed by atoms with E-state index in [-0.39, 0.29) is 12.1 Å². The Balaban J connectivity index is 1.97. The third kappa shape index (κ3) is 1.68. The van der Waals surface area contributed by atoms with Crippen LogP contribution in [-0.4, -0.2) is 25.3 Å². The molecule has 0 amide bonds. The minimum absolute atomic E-state index is 0.0393. The van der Waals surface area contributed by atoms with Gasteiger partial charge in [0.25, 0.3) is 0 Å². The summed E-state index contributed by atoms with van der Waals surface area (Å²) in [5.74, 6) is -0.111. The summed E-state index contributed by atoms with van der Waals surface area (Å²) in [7, 11) is 0. The molecule has 3 heteroatoms. The van der Waals surface area contributed by atoms with Gasteiger partial charge in [-0.05, 0) is 6.92 Å². The molecule has 1 saturated heterocycles. The molecule has 1 unspecified atom stereocenters. The quantitative estimate of drug-likeness (QED) is 0.517. The molecular formula is C6H10O3. The molecule has 0 aliphatic carbocycles. The summed E-state index contributed by atoms with van der Waals surface area (Å²) in [5, 5.41) is 0. The van der Waals surface area contributed by atoms with E-state index >= 15 is 0 Å². The monoisotopic (exact) mass is 130 g/mol. The predicted octanol–water partition coefficient (Wildman–Crippen LogP) is 0.338. The van der Waals surface area contributed by atoms with Crippen molar-refractivity contribution in [3.63, 3.8) is 0 Å². The molecule has 1 fully saturated rings.